The summed E-state index contributed by atoms with van der Waals surface area (Å²) in [5, 5.41) is 3.12. The van der Waals surface area contributed by atoms with Crippen LogP contribution in [0.1, 0.15) is 24.7 Å². The van der Waals surface area contributed by atoms with Gasteiger partial charge in [-0.2, -0.15) is 0 Å². The molecule has 0 amide bonds. The Bertz CT molecular complexity index is 307. The van der Waals surface area contributed by atoms with E-state index in [1.165, 1.54) is 5.56 Å². The fraction of sp³-hybridized carbons (Fsp3) is 0.538. The van der Waals surface area contributed by atoms with Gasteiger partial charge in [-0.15, -0.1) is 6.58 Å². The first-order chi connectivity index (χ1) is 7.81. The van der Waals surface area contributed by atoms with Crippen molar-refractivity contribution in [1.29, 1.82) is 0 Å². The van der Waals surface area contributed by atoms with Crippen molar-refractivity contribution in [3.8, 4) is 0 Å². The second-order valence-corrected chi connectivity index (χ2v) is 3.92. The molecule has 90 valence electrons. The molecule has 1 aromatic rings. The second-order valence-electron chi connectivity index (χ2n) is 3.92. The third-order valence-electron chi connectivity index (χ3n) is 2.50. The maximum absolute atomic E-state index is 5.45. The molecule has 3 nitrogen and oxygen atoms in total. The van der Waals surface area contributed by atoms with Gasteiger partial charge in [0.25, 0.3) is 0 Å². The average molecular weight is 222 g/mol. The zero-order valence-corrected chi connectivity index (χ0v) is 10.3. The summed E-state index contributed by atoms with van der Waals surface area (Å²) in [7, 11) is 1.93. The number of nitrogens with zero attached hydrogens (tertiary/aromatic N) is 1. The molecule has 1 aromatic heterocycles. The van der Waals surface area contributed by atoms with Gasteiger partial charge in [0.1, 0.15) is 5.76 Å². The van der Waals surface area contributed by atoms with Crippen molar-refractivity contribution in [2.45, 2.75) is 26.4 Å². The van der Waals surface area contributed by atoms with E-state index in [9.17, 15) is 0 Å². The van der Waals surface area contributed by atoms with Crippen LogP contribution in [0, 0.1) is 0 Å². The van der Waals surface area contributed by atoms with Gasteiger partial charge in [-0.25, -0.2) is 0 Å². The quantitative estimate of drug-likeness (QED) is 0.685. The highest BCUT2D eigenvalue weighted by Crippen LogP contribution is 2.13. The number of hydrogen-bond donors (Lipinski definition) is 1. The molecule has 1 heterocycles. The summed E-state index contributed by atoms with van der Waals surface area (Å²) in [5.41, 5.74) is 1.27. The molecular weight excluding hydrogens is 200 g/mol. The van der Waals surface area contributed by atoms with Crippen molar-refractivity contribution in [3.05, 3.63) is 36.3 Å². The molecular formula is C13H22N2O. The summed E-state index contributed by atoms with van der Waals surface area (Å²) in [5.74, 6) is 1.03. The van der Waals surface area contributed by atoms with Crippen molar-refractivity contribution in [3.63, 3.8) is 0 Å². The van der Waals surface area contributed by atoms with Crippen molar-refractivity contribution >= 4 is 0 Å². The van der Waals surface area contributed by atoms with Crippen molar-refractivity contribution in [2.24, 2.45) is 0 Å². The van der Waals surface area contributed by atoms with Crippen molar-refractivity contribution in [1.82, 2.24) is 10.2 Å². The summed E-state index contributed by atoms with van der Waals surface area (Å²) in [6.07, 6.45) is 4.88. The topological polar surface area (TPSA) is 28.4 Å². The normalized spacial score (nSPS) is 10.9. The first-order valence-corrected chi connectivity index (χ1v) is 5.84. The molecule has 0 radical (unpaired) electrons. The van der Waals surface area contributed by atoms with Gasteiger partial charge in [-0.3, -0.25) is 4.90 Å². The van der Waals surface area contributed by atoms with Gasteiger partial charge in [-0.05, 0) is 26.1 Å². The van der Waals surface area contributed by atoms with E-state index >= 15 is 0 Å². The zero-order valence-electron chi connectivity index (χ0n) is 10.3. The predicted octanol–water partition coefficient (Wildman–Crippen LogP) is 2.40. The number of furan rings is 1. The summed E-state index contributed by atoms with van der Waals surface area (Å²) < 4.78 is 5.45. The van der Waals surface area contributed by atoms with Crippen LogP contribution in [0.3, 0.4) is 0 Å². The standard InChI is InChI=1S/C13H22N2O/c1-4-7-15(8-5-2)11-12-6-9-16-13(12)10-14-3/h4,6,9,14H,1,5,7-8,10-11H2,2-3H3. The van der Waals surface area contributed by atoms with Gasteiger partial charge in [0.15, 0.2) is 0 Å². The maximum atomic E-state index is 5.45. The molecule has 0 aliphatic carbocycles. The minimum Gasteiger partial charge on any atom is -0.468 e. The largest absolute Gasteiger partial charge is 0.468 e. The Morgan fingerprint density at radius 3 is 3.00 bits per heavy atom. The Morgan fingerprint density at radius 1 is 1.56 bits per heavy atom. The Labute approximate surface area is 98.1 Å². The smallest absolute Gasteiger partial charge is 0.122 e. The van der Waals surface area contributed by atoms with Crippen LogP contribution >= 0.6 is 0 Å². The highest BCUT2D eigenvalue weighted by Gasteiger charge is 2.09. The SMILES string of the molecule is C=CCN(CCC)Cc1ccoc1CNC. The summed E-state index contributed by atoms with van der Waals surface area (Å²) >= 11 is 0. The van der Waals surface area contributed by atoms with Crippen molar-refractivity contribution in [2.75, 3.05) is 20.1 Å². The second kappa shape index (κ2) is 7.25. The Kier molecular flexibility index (Phi) is 5.90. The molecule has 0 aliphatic rings. The lowest BCUT2D eigenvalue weighted by atomic mass is 10.2. The van der Waals surface area contributed by atoms with E-state index in [4.69, 9.17) is 4.42 Å². The van der Waals surface area contributed by atoms with Crippen LogP contribution in [0.5, 0.6) is 0 Å². The Balaban J connectivity index is 2.60. The molecule has 0 aromatic carbocycles. The van der Waals surface area contributed by atoms with Crippen LogP contribution in [0.4, 0.5) is 0 Å². The zero-order chi connectivity index (χ0) is 11.8. The predicted molar refractivity (Wildman–Crippen MR) is 67.2 cm³/mol. The molecule has 1 rings (SSSR count). The summed E-state index contributed by atoms with van der Waals surface area (Å²) in [6.45, 7) is 9.74. The maximum Gasteiger partial charge on any atom is 0.122 e. The lowest BCUT2D eigenvalue weighted by Crippen LogP contribution is -2.24. The summed E-state index contributed by atoms with van der Waals surface area (Å²) in [6, 6.07) is 2.05. The lowest BCUT2D eigenvalue weighted by Gasteiger charge is -2.19. The van der Waals surface area contributed by atoms with Crippen LogP contribution in [0.25, 0.3) is 0 Å². The van der Waals surface area contributed by atoms with E-state index in [2.05, 4.69) is 29.8 Å². The highest BCUT2D eigenvalue weighted by atomic mass is 16.3. The number of hydrogen-bond acceptors (Lipinski definition) is 3. The molecule has 0 unspecified atom stereocenters. The third-order valence-corrected chi connectivity index (χ3v) is 2.50. The first-order valence-electron chi connectivity index (χ1n) is 5.84. The van der Waals surface area contributed by atoms with Gasteiger partial charge >= 0.3 is 0 Å². The first kappa shape index (κ1) is 13.0. The van der Waals surface area contributed by atoms with E-state index in [1.54, 1.807) is 6.26 Å². The molecule has 0 spiro atoms. The third kappa shape index (κ3) is 3.83. The van der Waals surface area contributed by atoms with Crippen LogP contribution in [0.2, 0.25) is 0 Å². The minimum absolute atomic E-state index is 0.788. The van der Waals surface area contributed by atoms with Crippen LogP contribution in [0.15, 0.2) is 29.4 Å². The van der Waals surface area contributed by atoms with Crippen molar-refractivity contribution < 1.29 is 4.42 Å². The van der Waals surface area contributed by atoms with E-state index in [-0.39, 0.29) is 0 Å². The lowest BCUT2D eigenvalue weighted by molar-refractivity contribution is 0.292. The minimum atomic E-state index is 0.788. The monoisotopic (exact) mass is 222 g/mol. The Morgan fingerprint density at radius 2 is 2.38 bits per heavy atom. The fourth-order valence-corrected chi connectivity index (χ4v) is 1.80. The van der Waals surface area contributed by atoms with E-state index in [1.807, 2.05) is 13.1 Å². The summed E-state index contributed by atoms with van der Waals surface area (Å²) in [4.78, 5) is 2.37. The van der Waals surface area contributed by atoms with Gasteiger partial charge in [-0.1, -0.05) is 13.0 Å². The van der Waals surface area contributed by atoms with Gasteiger partial charge in [0, 0.05) is 18.7 Å². The fourth-order valence-electron chi connectivity index (χ4n) is 1.80. The van der Waals surface area contributed by atoms with Crippen LogP contribution < -0.4 is 5.32 Å². The molecule has 0 bridgehead atoms. The molecule has 3 heteroatoms. The van der Waals surface area contributed by atoms with E-state index in [0.717, 1.165) is 38.4 Å². The Hall–Kier alpha value is -1.06. The number of rotatable bonds is 8. The number of nitrogens with one attached hydrogen (secondary N) is 1. The van der Waals surface area contributed by atoms with Crippen LogP contribution in [-0.2, 0) is 13.1 Å². The molecule has 0 fully saturated rings. The van der Waals surface area contributed by atoms with Gasteiger partial charge in [0.2, 0.25) is 0 Å². The van der Waals surface area contributed by atoms with E-state index < -0.39 is 0 Å². The molecule has 0 saturated heterocycles. The molecule has 16 heavy (non-hydrogen) atoms. The van der Waals surface area contributed by atoms with Crippen LogP contribution in [-0.4, -0.2) is 25.0 Å². The molecule has 0 atom stereocenters. The highest BCUT2D eigenvalue weighted by molar-refractivity contribution is 5.16. The molecule has 0 saturated carbocycles. The van der Waals surface area contributed by atoms with Gasteiger partial charge < -0.3 is 9.73 Å². The van der Waals surface area contributed by atoms with Gasteiger partial charge in [0.05, 0.1) is 12.8 Å². The molecule has 0 aliphatic heterocycles. The average Bonchev–Trinajstić information content (AvgIpc) is 2.67. The van der Waals surface area contributed by atoms with E-state index in [0.29, 0.717) is 0 Å². The molecule has 1 N–H and O–H groups in total.